The van der Waals surface area contributed by atoms with Crippen molar-refractivity contribution in [2.75, 3.05) is 11.5 Å². The molecule has 0 N–H and O–H groups in total. The summed E-state index contributed by atoms with van der Waals surface area (Å²) in [4.78, 5) is 12.1. The number of benzene rings is 1. The normalized spacial score (nSPS) is 22.6. The molecule has 2 rings (SSSR count). The van der Waals surface area contributed by atoms with Gasteiger partial charge in [-0.05, 0) is 40.5 Å². The molecule has 1 atom stereocenters. The van der Waals surface area contributed by atoms with Gasteiger partial charge in [-0.3, -0.25) is 4.79 Å². The second-order valence-corrected chi connectivity index (χ2v) is 7.58. The number of Topliss-reactive ketones (excluding diaryl/α,β-unsaturated/α-hetero) is 1. The minimum absolute atomic E-state index is 0.0356. The summed E-state index contributed by atoms with van der Waals surface area (Å²) in [6.45, 7) is 0. The lowest BCUT2D eigenvalue weighted by Gasteiger charge is -2.07. The Labute approximate surface area is 113 Å². The average molecular weight is 338 g/mol. The van der Waals surface area contributed by atoms with Gasteiger partial charge in [-0.15, -0.1) is 0 Å². The zero-order valence-electron chi connectivity index (χ0n) is 8.82. The predicted molar refractivity (Wildman–Crippen MR) is 70.2 cm³/mol. The third-order valence-electron chi connectivity index (χ3n) is 2.81. The number of ketones is 1. The molecule has 0 aliphatic carbocycles. The van der Waals surface area contributed by atoms with Gasteiger partial charge >= 0.3 is 0 Å². The second-order valence-electron chi connectivity index (χ2n) is 4.09. The highest BCUT2D eigenvalue weighted by atomic mass is 79.9. The summed E-state index contributed by atoms with van der Waals surface area (Å²) in [5.74, 6) is -0.457. The van der Waals surface area contributed by atoms with E-state index in [4.69, 9.17) is 11.6 Å². The molecule has 1 aliphatic rings. The van der Waals surface area contributed by atoms with E-state index in [1.54, 1.807) is 18.2 Å². The Kier molecular flexibility index (Phi) is 3.61. The van der Waals surface area contributed by atoms with E-state index in [0.717, 1.165) is 0 Å². The first-order valence-corrected chi connectivity index (χ1v) is 8.08. The lowest BCUT2D eigenvalue weighted by molar-refractivity contribution is 0.0933. The largest absolute Gasteiger partial charge is 0.294 e. The van der Waals surface area contributed by atoms with Crippen molar-refractivity contribution in [1.29, 1.82) is 0 Å². The van der Waals surface area contributed by atoms with Crippen LogP contribution in [0.4, 0.5) is 0 Å². The quantitative estimate of drug-likeness (QED) is 0.780. The third-order valence-corrected chi connectivity index (χ3v) is 5.79. The maximum atomic E-state index is 12.1. The molecule has 0 bridgehead atoms. The van der Waals surface area contributed by atoms with Gasteiger partial charge in [-0.1, -0.05) is 11.6 Å². The number of carbonyl (C=O) groups excluding carboxylic acids is 1. The van der Waals surface area contributed by atoms with Crippen molar-refractivity contribution in [2.24, 2.45) is 5.92 Å². The van der Waals surface area contributed by atoms with Crippen molar-refractivity contribution < 1.29 is 13.2 Å². The van der Waals surface area contributed by atoms with Crippen molar-refractivity contribution in [3.63, 3.8) is 0 Å². The van der Waals surface area contributed by atoms with Gasteiger partial charge in [0.2, 0.25) is 0 Å². The fourth-order valence-electron chi connectivity index (χ4n) is 1.89. The van der Waals surface area contributed by atoms with E-state index in [1.165, 1.54) is 0 Å². The highest BCUT2D eigenvalue weighted by Crippen LogP contribution is 2.27. The molecule has 0 saturated carbocycles. The molecule has 1 saturated heterocycles. The first kappa shape index (κ1) is 13.1. The topological polar surface area (TPSA) is 51.2 Å². The van der Waals surface area contributed by atoms with Crippen LogP contribution in [0.2, 0.25) is 5.02 Å². The van der Waals surface area contributed by atoms with E-state index in [9.17, 15) is 13.2 Å². The molecule has 0 aromatic heterocycles. The predicted octanol–water partition coefficient (Wildman–Crippen LogP) is 2.72. The van der Waals surface area contributed by atoms with Gasteiger partial charge in [0.15, 0.2) is 15.6 Å². The van der Waals surface area contributed by atoms with Crippen molar-refractivity contribution in [3.8, 4) is 0 Å². The molecule has 1 unspecified atom stereocenters. The van der Waals surface area contributed by atoms with Crippen LogP contribution >= 0.6 is 27.5 Å². The van der Waals surface area contributed by atoms with Crippen LogP contribution in [0.1, 0.15) is 16.8 Å². The fourth-order valence-corrected chi connectivity index (χ4v) is 4.12. The minimum atomic E-state index is -3.03. The Morgan fingerprint density at radius 3 is 2.65 bits per heavy atom. The van der Waals surface area contributed by atoms with Gasteiger partial charge in [0, 0.05) is 16.0 Å². The van der Waals surface area contributed by atoms with Gasteiger partial charge in [-0.2, -0.15) is 0 Å². The van der Waals surface area contributed by atoms with Crippen LogP contribution in [-0.4, -0.2) is 25.7 Å². The summed E-state index contributed by atoms with van der Waals surface area (Å²) in [5, 5.41) is 0.528. The monoisotopic (exact) mass is 336 g/mol. The Bertz CT molecular complexity index is 568. The molecule has 1 heterocycles. The molecule has 17 heavy (non-hydrogen) atoms. The number of sulfone groups is 1. The van der Waals surface area contributed by atoms with Gasteiger partial charge < -0.3 is 0 Å². The lowest BCUT2D eigenvalue weighted by Crippen LogP contribution is -2.16. The van der Waals surface area contributed by atoms with E-state index in [2.05, 4.69) is 15.9 Å². The highest BCUT2D eigenvalue weighted by Gasteiger charge is 2.33. The first-order valence-electron chi connectivity index (χ1n) is 5.09. The summed E-state index contributed by atoms with van der Waals surface area (Å²) >= 11 is 9.08. The standard InChI is InChI=1S/C11H10BrClO3S/c12-9-5-7(1-2-10(9)13)11(14)8-3-4-17(15,16)6-8/h1-2,5,8H,3-4,6H2. The average Bonchev–Trinajstić information content (AvgIpc) is 2.62. The Morgan fingerprint density at radius 1 is 1.41 bits per heavy atom. The van der Waals surface area contributed by atoms with Gasteiger partial charge in [0.25, 0.3) is 0 Å². The van der Waals surface area contributed by atoms with E-state index in [0.29, 0.717) is 21.5 Å². The van der Waals surface area contributed by atoms with Gasteiger partial charge in [0.1, 0.15) is 0 Å². The number of hydrogen-bond donors (Lipinski definition) is 0. The molecule has 92 valence electrons. The Morgan fingerprint density at radius 2 is 2.12 bits per heavy atom. The van der Waals surface area contributed by atoms with Crippen LogP contribution < -0.4 is 0 Å². The first-order chi connectivity index (χ1) is 7.89. The number of carbonyl (C=O) groups is 1. The molecular formula is C11H10BrClO3S. The zero-order valence-corrected chi connectivity index (χ0v) is 12.0. The SMILES string of the molecule is O=C(c1ccc(Cl)c(Br)c1)C1CCS(=O)(=O)C1. The Hall–Kier alpha value is -0.390. The van der Waals surface area contributed by atoms with Crippen LogP contribution in [-0.2, 0) is 9.84 Å². The Balaban J connectivity index is 2.23. The summed E-state index contributed by atoms with van der Waals surface area (Å²) < 4.78 is 23.3. The smallest absolute Gasteiger partial charge is 0.167 e. The number of hydrogen-bond acceptors (Lipinski definition) is 3. The van der Waals surface area contributed by atoms with Crippen molar-refractivity contribution in [1.82, 2.24) is 0 Å². The molecule has 1 aromatic carbocycles. The van der Waals surface area contributed by atoms with Crippen molar-refractivity contribution >= 4 is 43.2 Å². The van der Waals surface area contributed by atoms with Crippen LogP contribution in [0.3, 0.4) is 0 Å². The molecule has 0 amide bonds. The maximum Gasteiger partial charge on any atom is 0.167 e. The summed E-state index contributed by atoms with van der Waals surface area (Å²) in [5.41, 5.74) is 0.503. The second kappa shape index (κ2) is 4.71. The molecule has 1 fully saturated rings. The summed E-state index contributed by atoms with van der Waals surface area (Å²) in [7, 11) is -3.03. The summed E-state index contributed by atoms with van der Waals surface area (Å²) in [6, 6.07) is 4.89. The van der Waals surface area contributed by atoms with Gasteiger partial charge in [-0.25, -0.2) is 8.42 Å². The van der Waals surface area contributed by atoms with Crippen LogP contribution in [0, 0.1) is 5.92 Å². The van der Waals surface area contributed by atoms with E-state index >= 15 is 0 Å². The molecule has 3 nitrogen and oxygen atoms in total. The van der Waals surface area contributed by atoms with Crippen molar-refractivity contribution in [2.45, 2.75) is 6.42 Å². The van der Waals surface area contributed by atoms with Crippen molar-refractivity contribution in [3.05, 3.63) is 33.3 Å². The zero-order chi connectivity index (χ0) is 12.6. The van der Waals surface area contributed by atoms with E-state index in [1.807, 2.05) is 0 Å². The maximum absolute atomic E-state index is 12.1. The molecule has 6 heteroatoms. The molecule has 0 spiro atoms. The van der Waals surface area contributed by atoms with E-state index in [-0.39, 0.29) is 17.3 Å². The minimum Gasteiger partial charge on any atom is -0.294 e. The van der Waals surface area contributed by atoms with Crippen LogP contribution in [0.15, 0.2) is 22.7 Å². The van der Waals surface area contributed by atoms with Crippen LogP contribution in [0.25, 0.3) is 0 Å². The highest BCUT2D eigenvalue weighted by molar-refractivity contribution is 9.10. The van der Waals surface area contributed by atoms with Gasteiger partial charge in [0.05, 0.1) is 16.5 Å². The summed E-state index contributed by atoms with van der Waals surface area (Å²) in [6.07, 6.45) is 0.418. The molecular weight excluding hydrogens is 328 g/mol. The molecule has 0 radical (unpaired) electrons. The fraction of sp³-hybridized carbons (Fsp3) is 0.364. The lowest BCUT2D eigenvalue weighted by atomic mass is 9.97. The van der Waals surface area contributed by atoms with Crippen LogP contribution in [0.5, 0.6) is 0 Å². The van der Waals surface area contributed by atoms with E-state index < -0.39 is 15.8 Å². The number of halogens is 2. The third kappa shape index (κ3) is 2.89. The molecule has 1 aliphatic heterocycles. The number of rotatable bonds is 2. The molecule has 1 aromatic rings.